The molecule has 168 valence electrons. The normalized spacial score (nSPS) is 19.8. The molecule has 1 aliphatic heterocycles. The fourth-order valence-corrected chi connectivity index (χ4v) is 2.99. The Bertz CT molecular complexity index is 1010. The number of esters is 2. The van der Waals surface area contributed by atoms with Crippen LogP contribution in [0.25, 0.3) is 0 Å². The lowest BCUT2D eigenvalue weighted by atomic mass is 10.1. The Morgan fingerprint density at radius 2 is 1.44 bits per heavy atom. The van der Waals surface area contributed by atoms with Crippen LogP contribution >= 0.6 is 0 Å². The van der Waals surface area contributed by atoms with E-state index in [0.29, 0.717) is 0 Å². The molecule has 0 N–H and O–H groups in total. The number of ether oxygens (including phenoxy) is 4. The molecule has 0 unspecified atom stereocenters. The molecule has 0 radical (unpaired) electrons. The van der Waals surface area contributed by atoms with Crippen molar-refractivity contribution >= 4 is 23.3 Å². The third-order valence-corrected chi connectivity index (χ3v) is 4.69. The van der Waals surface area contributed by atoms with Gasteiger partial charge in [0.25, 0.3) is 11.4 Å². The maximum atomic E-state index is 12.4. The highest BCUT2D eigenvalue weighted by molar-refractivity contribution is 5.90. The van der Waals surface area contributed by atoms with E-state index in [1.54, 1.807) is 0 Å². The summed E-state index contributed by atoms with van der Waals surface area (Å²) in [6, 6.07) is 9.80. The lowest BCUT2D eigenvalue weighted by Crippen LogP contribution is -2.32. The summed E-state index contributed by atoms with van der Waals surface area (Å²) in [4.78, 5) is 44.9. The van der Waals surface area contributed by atoms with E-state index in [0.717, 1.165) is 0 Å². The molecule has 2 aromatic rings. The van der Waals surface area contributed by atoms with Crippen molar-refractivity contribution in [1.82, 2.24) is 0 Å². The first-order chi connectivity index (χ1) is 15.3. The fraction of sp³-hybridized carbons (Fsp3) is 0.300. The molecule has 1 aliphatic rings. The second-order valence-corrected chi connectivity index (χ2v) is 6.73. The average Bonchev–Trinajstić information content (AvgIpc) is 3.19. The Kier molecular flexibility index (Phi) is 7.07. The minimum atomic E-state index is -0.816. The van der Waals surface area contributed by atoms with Gasteiger partial charge in [0.15, 0.2) is 6.29 Å². The van der Waals surface area contributed by atoms with Crippen molar-refractivity contribution in [1.29, 1.82) is 0 Å². The number of hydrogen-bond acceptors (Lipinski definition) is 10. The molecular formula is C20H18N2O10. The number of methoxy groups -OCH3 is 1. The van der Waals surface area contributed by atoms with Crippen molar-refractivity contribution in [2.45, 2.75) is 24.9 Å². The van der Waals surface area contributed by atoms with E-state index in [4.69, 9.17) is 18.9 Å². The highest BCUT2D eigenvalue weighted by atomic mass is 16.7. The Morgan fingerprint density at radius 1 is 0.938 bits per heavy atom. The standard InChI is InChI=1S/C20H18N2O10/c1-29-18-10-16(32-20(24)13-4-8-15(9-5-13)22(27)28)17(31-18)11-30-19(23)12-2-6-14(7-3-12)21(25)26/h2-9,16-18H,10-11H2,1H3/t16-,17+,18+/m0/s1. The summed E-state index contributed by atoms with van der Waals surface area (Å²) in [7, 11) is 1.41. The van der Waals surface area contributed by atoms with Crippen molar-refractivity contribution in [3.8, 4) is 0 Å². The van der Waals surface area contributed by atoms with E-state index in [9.17, 15) is 29.8 Å². The van der Waals surface area contributed by atoms with Gasteiger partial charge >= 0.3 is 11.9 Å². The van der Waals surface area contributed by atoms with Gasteiger partial charge < -0.3 is 18.9 Å². The predicted molar refractivity (Wildman–Crippen MR) is 106 cm³/mol. The quantitative estimate of drug-likeness (QED) is 0.335. The molecule has 0 saturated carbocycles. The van der Waals surface area contributed by atoms with Gasteiger partial charge in [0.2, 0.25) is 0 Å². The zero-order valence-corrected chi connectivity index (χ0v) is 16.7. The highest BCUT2D eigenvalue weighted by Crippen LogP contribution is 2.26. The van der Waals surface area contributed by atoms with Gasteiger partial charge in [-0.2, -0.15) is 0 Å². The van der Waals surface area contributed by atoms with Gasteiger partial charge in [0, 0.05) is 37.8 Å². The topological polar surface area (TPSA) is 157 Å². The molecule has 12 nitrogen and oxygen atoms in total. The van der Waals surface area contributed by atoms with E-state index in [1.807, 2.05) is 0 Å². The Hall–Kier alpha value is -3.90. The number of nitro benzene ring substituents is 2. The van der Waals surface area contributed by atoms with Gasteiger partial charge in [-0.3, -0.25) is 20.2 Å². The van der Waals surface area contributed by atoms with Crippen LogP contribution in [0.1, 0.15) is 27.1 Å². The predicted octanol–water partition coefficient (Wildman–Crippen LogP) is 2.65. The molecule has 0 amide bonds. The third-order valence-electron chi connectivity index (χ3n) is 4.69. The van der Waals surface area contributed by atoms with Crippen LogP contribution in [0, 0.1) is 20.2 Å². The molecule has 3 atom stereocenters. The number of rotatable bonds is 8. The molecule has 0 aromatic heterocycles. The second-order valence-electron chi connectivity index (χ2n) is 6.73. The van der Waals surface area contributed by atoms with Crippen LogP contribution in [-0.2, 0) is 18.9 Å². The summed E-state index contributed by atoms with van der Waals surface area (Å²) in [5.41, 5.74) is -0.113. The maximum absolute atomic E-state index is 12.4. The number of nitrogens with zero attached hydrogens (tertiary/aromatic N) is 2. The van der Waals surface area contributed by atoms with Crippen molar-refractivity contribution in [3.05, 3.63) is 79.9 Å². The smallest absolute Gasteiger partial charge is 0.338 e. The van der Waals surface area contributed by atoms with Crippen LogP contribution in [-0.4, -0.2) is 54.0 Å². The van der Waals surface area contributed by atoms with E-state index < -0.39 is 40.3 Å². The molecule has 1 saturated heterocycles. The van der Waals surface area contributed by atoms with E-state index >= 15 is 0 Å². The average molecular weight is 446 g/mol. The van der Waals surface area contributed by atoms with Crippen molar-refractivity contribution in [3.63, 3.8) is 0 Å². The third kappa shape index (κ3) is 5.42. The molecule has 0 aliphatic carbocycles. The maximum Gasteiger partial charge on any atom is 0.338 e. The van der Waals surface area contributed by atoms with E-state index in [2.05, 4.69) is 0 Å². The largest absolute Gasteiger partial charge is 0.459 e. The number of nitro groups is 2. The van der Waals surface area contributed by atoms with Gasteiger partial charge in [-0.25, -0.2) is 9.59 Å². The first-order valence-electron chi connectivity index (χ1n) is 9.33. The molecular weight excluding hydrogens is 428 g/mol. The Morgan fingerprint density at radius 3 is 1.91 bits per heavy atom. The lowest BCUT2D eigenvalue weighted by molar-refractivity contribution is -0.385. The van der Waals surface area contributed by atoms with Crippen LogP contribution in [0.5, 0.6) is 0 Å². The Balaban J connectivity index is 1.61. The number of carbonyl (C=O) groups excluding carboxylic acids is 2. The molecule has 3 rings (SSSR count). The second kappa shape index (κ2) is 9.94. The monoisotopic (exact) mass is 446 g/mol. The minimum Gasteiger partial charge on any atom is -0.459 e. The summed E-state index contributed by atoms with van der Waals surface area (Å²) < 4.78 is 21.4. The minimum absolute atomic E-state index is 0.108. The van der Waals surface area contributed by atoms with E-state index in [1.165, 1.54) is 55.6 Å². The van der Waals surface area contributed by atoms with Gasteiger partial charge in [-0.15, -0.1) is 0 Å². The van der Waals surface area contributed by atoms with Crippen LogP contribution in [0.4, 0.5) is 11.4 Å². The van der Waals surface area contributed by atoms with Gasteiger partial charge in [-0.05, 0) is 24.3 Å². The molecule has 32 heavy (non-hydrogen) atoms. The SMILES string of the molecule is CO[C@H]1C[C@H](OC(=O)c2ccc([N+](=O)[O-])cc2)[C@@H](COC(=O)c2ccc([N+](=O)[O-])cc2)O1. The summed E-state index contributed by atoms with van der Waals surface area (Å²) in [5, 5.41) is 21.4. The van der Waals surface area contributed by atoms with Crippen LogP contribution < -0.4 is 0 Å². The number of hydrogen-bond donors (Lipinski definition) is 0. The molecule has 0 spiro atoms. The van der Waals surface area contributed by atoms with Crippen LogP contribution in [0.2, 0.25) is 0 Å². The lowest BCUT2D eigenvalue weighted by Gasteiger charge is -2.18. The van der Waals surface area contributed by atoms with E-state index in [-0.39, 0.29) is 35.5 Å². The van der Waals surface area contributed by atoms with Gasteiger partial charge in [0.05, 0.1) is 21.0 Å². The summed E-state index contributed by atoms with van der Waals surface area (Å²) >= 11 is 0. The first kappa shape index (κ1) is 22.8. The van der Waals surface area contributed by atoms with Gasteiger partial charge in [0.1, 0.15) is 18.8 Å². The highest BCUT2D eigenvalue weighted by Gasteiger charge is 2.39. The van der Waals surface area contributed by atoms with Crippen molar-refractivity contribution in [2.24, 2.45) is 0 Å². The summed E-state index contributed by atoms with van der Waals surface area (Å²) in [6.45, 7) is -0.256. The molecule has 1 heterocycles. The molecule has 2 aromatic carbocycles. The Labute approximate surface area is 180 Å². The number of carbonyl (C=O) groups is 2. The van der Waals surface area contributed by atoms with Crippen molar-refractivity contribution < 1.29 is 38.4 Å². The molecule has 1 fully saturated rings. The zero-order valence-electron chi connectivity index (χ0n) is 16.7. The van der Waals surface area contributed by atoms with Crippen LogP contribution in [0.3, 0.4) is 0 Å². The van der Waals surface area contributed by atoms with Crippen LogP contribution in [0.15, 0.2) is 48.5 Å². The number of non-ortho nitro benzene ring substituents is 2. The fourth-order valence-electron chi connectivity index (χ4n) is 2.99. The van der Waals surface area contributed by atoms with Gasteiger partial charge in [-0.1, -0.05) is 0 Å². The zero-order chi connectivity index (χ0) is 23.3. The summed E-state index contributed by atoms with van der Waals surface area (Å²) in [6.07, 6.45) is -2.11. The first-order valence-corrected chi connectivity index (χ1v) is 9.33. The van der Waals surface area contributed by atoms with Crippen molar-refractivity contribution in [2.75, 3.05) is 13.7 Å². The summed E-state index contributed by atoms with van der Waals surface area (Å²) in [5.74, 6) is -1.46. The number of benzene rings is 2. The molecule has 12 heteroatoms. The molecule has 0 bridgehead atoms.